The van der Waals surface area contributed by atoms with E-state index in [-0.39, 0.29) is 5.54 Å². The summed E-state index contributed by atoms with van der Waals surface area (Å²) in [5, 5.41) is 9.85. The van der Waals surface area contributed by atoms with E-state index in [1.807, 2.05) is 18.2 Å². The third kappa shape index (κ3) is 3.03. The molecule has 2 rings (SSSR count). The van der Waals surface area contributed by atoms with Gasteiger partial charge < -0.3 is 4.57 Å². The third-order valence-corrected chi connectivity index (χ3v) is 4.00. The van der Waals surface area contributed by atoms with Gasteiger partial charge in [0.1, 0.15) is 5.82 Å². The summed E-state index contributed by atoms with van der Waals surface area (Å²) in [7, 11) is 0. The van der Waals surface area contributed by atoms with Crippen molar-refractivity contribution in [3.8, 4) is 11.4 Å². The molecule has 0 amide bonds. The van der Waals surface area contributed by atoms with Gasteiger partial charge in [-0.3, -0.25) is 0 Å². The molecule has 6 heteroatoms. The standard InChI is InChI=1S/C13H14Br2ClN3/c1-13(2,3)19-11(7-14)17-18-12(19)9-5-4-8(15)6-10(9)16/h4-6H,7H2,1-3H3. The summed E-state index contributed by atoms with van der Waals surface area (Å²) in [5.41, 5.74) is 0.776. The average molecular weight is 408 g/mol. The molecule has 0 aliphatic carbocycles. The summed E-state index contributed by atoms with van der Waals surface area (Å²) in [6.07, 6.45) is 0. The topological polar surface area (TPSA) is 30.7 Å². The van der Waals surface area contributed by atoms with Crippen LogP contribution in [0, 0.1) is 0 Å². The molecule has 0 radical (unpaired) electrons. The molecule has 0 spiro atoms. The van der Waals surface area contributed by atoms with Crippen molar-refractivity contribution in [2.24, 2.45) is 0 Å². The lowest BCUT2D eigenvalue weighted by Gasteiger charge is -2.25. The molecule has 102 valence electrons. The van der Waals surface area contributed by atoms with Crippen LogP contribution in [0.25, 0.3) is 11.4 Å². The van der Waals surface area contributed by atoms with Crippen molar-refractivity contribution in [2.45, 2.75) is 31.6 Å². The van der Waals surface area contributed by atoms with E-state index in [1.165, 1.54) is 0 Å². The number of nitrogens with zero attached hydrogens (tertiary/aromatic N) is 3. The molecule has 0 aliphatic rings. The molecule has 0 bridgehead atoms. The minimum atomic E-state index is -0.113. The zero-order valence-corrected chi connectivity index (χ0v) is 14.8. The summed E-state index contributed by atoms with van der Waals surface area (Å²) >= 11 is 13.2. The van der Waals surface area contributed by atoms with Crippen LogP contribution in [0.2, 0.25) is 5.02 Å². The second-order valence-corrected chi connectivity index (χ2v) is 7.09. The first kappa shape index (κ1) is 15.0. The highest BCUT2D eigenvalue weighted by molar-refractivity contribution is 9.10. The Kier molecular flexibility index (Phi) is 4.38. The van der Waals surface area contributed by atoms with E-state index in [1.54, 1.807) is 0 Å². The molecule has 1 aromatic heterocycles. The molecule has 0 N–H and O–H groups in total. The summed E-state index contributed by atoms with van der Waals surface area (Å²) in [6, 6.07) is 5.78. The summed E-state index contributed by atoms with van der Waals surface area (Å²) in [6.45, 7) is 6.37. The van der Waals surface area contributed by atoms with Gasteiger partial charge in [-0.25, -0.2) is 0 Å². The Hall–Kier alpha value is -0.390. The summed E-state index contributed by atoms with van der Waals surface area (Å²) in [4.78, 5) is 0. The van der Waals surface area contributed by atoms with Crippen molar-refractivity contribution < 1.29 is 0 Å². The zero-order chi connectivity index (χ0) is 14.2. The third-order valence-electron chi connectivity index (χ3n) is 2.69. The number of halogens is 3. The molecule has 0 saturated carbocycles. The predicted molar refractivity (Wildman–Crippen MR) is 85.8 cm³/mol. The fourth-order valence-corrected chi connectivity index (χ4v) is 3.07. The SMILES string of the molecule is CC(C)(C)n1c(CBr)nnc1-c1ccc(Br)cc1Cl. The van der Waals surface area contributed by atoms with E-state index in [0.717, 1.165) is 21.7 Å². The van der Waals surface area contributed by atoms with E-state index >= 15 is 0 Å². The minimum Gasteiger partial charge on any atom is -0.305 e. The Bertz CT molecular complexity index is 602. The lowest BCUT2D eigenvalue weighted by molar-refractivity contribution is 0.391. The second kappa shape index (κ2) is 5.54. The van der Waals surface area contributed by atoms with Crippen molar-refractivity contribution in [1.29, 1.82) is 0 Å². The van der Waals surface area contributed by atoms with Crippen molar-refractivity contribution in [3.63, 3.8) is 0 Å². The van der Waals surface area contributed by atoms with Crippen LogP contribution in [0.5, 0.6) is 0 Å². The summed E-state index contributed by atoms with van der Waals surface area (Å²) < 4.78 is 3.06. The van der Waals surface area contributed by atoms with Crippen LogP contribution in [0.15, 0.2) is 22.7 Å². The van der Waals surface area contributed by atoms with Crippen LogP contribution in [0.4, 0.5) is 0 Å². The van der Waals surface area contributed by atoms with E-state index in [4.69, 9.17) is 11.6 Å². The van der Waals surface area contributed by atoms with Crippen LogP contribution >= 0.6 is 43.5 Å². The largest absolute Gasteiger partial charge is 0.305 e. The molecule has 1 heterocycles. The number of aromatic nitrogens is 3. The lowest BCUT2D eigenvalue weighted by Crippen LogP contribution is -2.24. The average Bonchev–Trinajstić information content (AvgIpc) is 2.72. The van der Waals surface area contributed by atoms with Gasteiger partial charge >= 0.3 is 0 Å². The zero-order valence-electron chi connectivity index (χ0n) is 10.9. The lowest BCUT2D eigenvalue weighted by atomic mass is 10.1. The molecule has 1 aromatic carbocycles. The fourth-order valence-electron chi connectivity index (χ4n) is 1.95. The number of benzene rings is 1. The molecular weight excluding hydrogens is 393 g/mol. The monoisotopic (exact) mass is 405 g/mol. The summed E-state index contributed by atoms with van der Waals surface area (Å²) in [5.74, 6) is 1.68. The first-order valence-corrected chi connectivity index (χ1v) is 8.10. The molecule has 2 aromatic rings. The maximum atomic E-state index is 6.32. The highest BCUT2D eigenvalue weighted by Crippen LogP contribution is 2.33. The number of hydrogen-bond acceptors (Lipinski definition) is 2. The van der Waals surface area contributed by atoms with Gasteiger partial charge in [0.25, 0.3) is 0 Å². The quantitative estimate of drug-likeness (QED) is 0.655. The fraction of sp³-hybridized carbons (Fsp3) is 0.385. The van der Waals surface area contributed by atoms with Crippen molar-refractivity contribution in [1.82, 2.24) is 14.8 Å². The molecule has 3 nitrogen and oxygen atoms in total. The number of rotatable bonds is 2. The number of alkyl halides is 1. The Labute approximate surface area is 134 Å². The number of hydrogen-bond donors (Lipinski definition) is 0. The first-order chi connectivity index (χ1) is 8.84. The van der Waals surface area contributed by atoms with Crippen molar-refractivity contribution >= 4 is 43.5 Å². The van der Waals surface area contributed by atoms with Gasteiger partial charge in [0.2, 0.25) is 0 Å². The molecular formula is C13H14Br2ClN3. The van der Waals surface area contributed by atoms with Crippen LogP contribution < -0.4 is 0 Å². The van der Waals surface area contributed by atoms with E-state index in [2.05, 4.69) is 67.4 Å². The molecule has 0 fully saturated rings. The highest BCUT2D eigenvalue weighted by Gasteiger charge is 2.24. The smallest absolute Gasteiger partial charge is 0.165 e. The van der Waals surface area contributed by atoms with E-state index in [9.17, 15) is 0 Å². The first-order valence-electron chi connectivity index (χ1n) is 5.80. The Balaban J connectivity index is 2.66. The van der Waals surface area contributed by atoms with Gasteiger partial charge in [0.05, 0.1) is 10.4 Å². The Morgan fingerprint density at radius 1 is 1.26 bits per heavy atom. The Morgan fingerprint density at radius 2 is 1.95 bits per heavy atom. The van der Waals surface area contributed by atoms with Gasteiger partial charge in [-0.1, -0.05) is 43.5 Å². The van der Waals surface area contributed by atoms with Crippen LogP contribution in [-0.4, -0.2) is 14.8 Å². The molecule has 0 atom stereocenters. The van der Waals surface area contributed by atoms with Gasteiger partial charge in [0.15, 0.2) is 5.82 Å². The molecule has 0 unspecified atom stereocenters. The predicted octanol–water partition coefficient (Wildman–Crippen LogP) is 5.01. The maximum absolute atomic E-state index is 6.32. The highest BCUT2D eigenvalue weighted by atomic mass is 79.9. The van der Waals surface area contributed by atoms with Crippen LogP contribution in [0.3, 0.4) is 0 Å². The molecule has 19 heavy (non-hydrogen) atoms. The van der Waals surface area contributed by atoms with E-state index in [0.29, 0.717) is 10.4 Å². The molecule has 0 aliphatic heterocycles. The van der Waals surface area contributed by atoms with Crippen LogP contribution in [0.1, 0.15) is 26.6 Å². The maximum Gasteiger partial charge on any atom is 0.165 e. The van der Waals surface area contributed by atoms with Crippen molar-refractivity contribution in [2.75, 3.05) is 0 Å². The van der Waals surface area contributed by atoms with E-state index < -0.39 is 0 Å². The van der Waals surface area contributed by atoms with Gasteiger partial charge in [0, 0.05) is 15.6 Å². The second-order valence-electron chi connectivity index (χ2n) is 5.20. The van der Waals surface area contributed by atoms with Gasteiger partial charge in [-0.15, -0.1) is 10.2 Å². The Morgan fingerprint density at radius 3 is 2.47 bits per heavy atom. The van der Waals surface area contributed by atoms with Crippen LogP contribution in [-0.2, 0) is 10.9 Å². The minimum absolute atomic E-state index is 0.113. The van der Waals surface area contributed by atoms with Gasteiger partial charge in [-0.05, 0) is 39.0 Å². The molecule has 0 saturated heterocycles. The van der Waals surface area contributed by atoms with Gasteiger partial charge in [-0.2, -0.15) is 0 Å². The normalized spacial score (nSPS) is 11.9. The van der Waals surface area contributed by atoms with Crippen molar-refractivity contribution in [3.05, 3.63) is 33.5 Å².